The van der Waals surface area contributed by atoms with Gasteiger partial charge in [0.2, 0.25) is 0 Å². The predicted octanol–water partition coefficient (Wildman–Crippen LogP) is 4.29. The highest BCUT2D eigenvalue weighted by Gasteiger charge is 2.25. The molecular formula is C21H25BrN6O2. The van der Waals surface area contributed by atoms with Crippen LogP contribution in [0.25, 0.3) is 5.65 Å². The molecule has 9 heteroatoms. The summed E-state index contributed by atoms with van der Waals surface area (Å²) in [5.74, 6) is 0.688. The number of aromatic nitrogens is 3. The van der Waals surface area contributed by atoms with Gasteiger partial charge in [0, 0.05) is 56.1 Å². The molecule has 8 nitrogen and oxygen atoms in total. The molecule has 1 aliphatic rings. The van der Waals surface area contributed by atoms with E-state index in [1.807, 2.05) is 49.7 Å². The van der Waals surface area contributed by atoms with Crippen molar-refractivity contribution in [2.45, 2.75) is 26.4 Å². The molecule has 4 rings (SSSR count). The Kier molecular flexibility index (Phi) is 5.55. The lowest BCUT2D eigenvalue weighted by atomic mass is 10.2. The van der Waals surface area contributed by atoms with Crippen molar-refractivity contribution in [1.82, 2.24) is 19.3 Å². The zero-order valence-corrected chi connectivity index (χ0v) is 18.9. The Morgan fingerprint density at radius 2 is 1.83 bits per heavy atom. The van der Waals surface area contributed by atoms with Gasteiger partial charge in [-0.3, -0.25) is 0 Å². The van der Waals surface area contributed by atoms with Crippen molar-refractivity contribution in [2.75, 3.05) is 36.4 Å². The molecule has 3 aromatic rings. The number of amides is 1. The summed E-state index contributed by atoms with van der Waals surface area (Å²) in [5.41, 5.74) is 2.35. The third-order valence-corrected chi connectivity index (χ3v) is 5.15. The normalized spacial score (nSPS) is 14.8. The van der Waals surface area contributed by atoms with Gasteiger partial charge >= 0.3 is 6.09 Å². The lowest BCUT2D eigenvalue weighted by Gasteiger charge is -2.36. The first-order valence-electron chi connectivity index (χ1n) is 9.88. The fourth-order valence-electron chi connectivity index (χ4n) is 3.35. The molecule has 1 N–H and O–H groups in total. The van der Waals surface area contributed by atoms with E-state index in [0.717, 1.165) is 34.7 Å². The van der Waals surface area contributed by atoms with E-state index in [2.05, 4.69) is 48.2 Å². The fourth-order valence-corrected chi connectivity index (χ4v) is 3.75. The summed E-state index contributed by atoms with van der Waals surface area (Å²) in [6.45, 7) is 8.50. The molecular weight excluding hydrogens is 448 g/mol. The minimum Gasteiger partial charge on any atom is -0.444 e. The van der Waals surface area contributed by atoms with Crippen LogP contribution in [-0.4, -0.2) is 57.1 Å². The molecule has 1 aliphatic heterocycles. The van der Waals surface area contributed by atoms with Crippen molar-refractivity contribution in [3.63, 3.8) is 0 Å². The van der Waals surface area contributed by atoms with Gasteiger partial charge in [-0.15, -0.1) is 0 Å². The maximum absolute atomic E-state index is 12.2. The summed E-state index contributed by atoms with van der Waals surface area (Å²) in [4.78, 5) is 25.1. The molecule has 1 aromatic carbocycles. The summed E-state index contributed by atoms with van der Waals surface area (Å²) in [7, 11) is 0. The van der Waals surface area contributed by atoms with E-state index in [9.17, 15) is 4.79 Å². The Morgan fingerprint density at radius 1 is 1.13 bits per heavy atom. The molecule has 0 unspecified atom stereocenters. The molecule has 2 aromatic heterocycles. The third-order valence-electron chi connectivity index (χ3n) is 4.77. The smallest absolute Gasteiger partial charge is 0.410 e. The van der Waals surface area contributed by atoms with Gasteiger partial charge in [-0.05, 0) is 61.0 Å². The first kappa shape index (κ1) is 20.5. The molecule has 0 atom stereocenters. The second-order valence-electron chi connectivity index (χ2n) is 8.20. The number of nitrogens with one attached hydrogen (secondary N) is 1. The first-order valence-corrected chi connectivity index (χ1v) is 10.7. The largest absolute Gasteiger partial charge is 0.444 e. The molecule has 0 radical (unpaired) electrons. The number of carbonyl (C=O) groups excluding carboxylic acids is 1. The number of benzene rings is 1. The summed E-state index contributed by atoms with van der Waals surface area (Å²) in [6.07, 6.45) is 5.25. The van der Waals surface area contributed by atoms with Crippen LogP contribution in [0, 0.1) is 0 Å². The van der Waals surface area contributed by atoms with E-state index in [-0.39, 0.29) is 6.09 Å². The molecule has 0 aliphatic carbocycles. The Morgan fingerprint density at radius 3 is 2.50 bits per heavy atom. The number of imidazole rings is 1. The standard InChI is InChI=1S/C21H25BrN6O2/c1-21(2,3)30-20(29)27-12-10-26(11-13-27)16-6-4-15(5-7-16)24-18-19-23-8-9-28(19)14-17(22)25-18/h4-9,14H,10-13H2,1-3H3,(H,24,25). The van der Waals surface area contributed by atoms with Gasteiger partial charge in [0.1, 0.15) is 10.2 Å². The van der Waals surface area contributed by atoms with E-state index in [1.165, 1.54) is 0 Å². The van der Waals surface area contributed by atoms with Gasteiger partial charge in [-0.1, -0.05) is 0 Å². The fraction of sp³-hybridized carbons (Fsp3) is 0.381. The zero-order valence-electron chi connectivity index (χ0n) is 17.3. The van der Waals surface area contributed by atoms with E-state index >= 15 is 0 Å². The van der Waals surface area contributed by atoms with Crippen LogP contribution in [0.15, 0.2) is 47.5 Å². The Labute approximate surface area is 184 Å². The van der Waals surface area contributed by atoms with Crippen LogP contribution in [-0.2, 0) is 4.74 Å². The summed E-state index contributed by atoms with van der Waals surface area (Å²) < 4.78 is 8.11. The highest BCUT2D eigenvalue weighted by atomic mass is 79.9. The SMILES string of the molecule is CC(C)(C)OC(=O)N1CCN(c2ccc(Nc3nc(Br)cn4ccnc34)cc2)CC1. The summed E-state index contributed by atoms with van der Waals surface area (Å²) in [5, 5.41) is 3.34. The molecule has 1 saturated heterocycles. The van der Waals surface area contributed by atoms with Crippen molar-refractivity contribution in [3.05, 3.63) is 47.5 Å². The zero-order chi connectivity index (χ0) is 21.3. The minimum absolute atomic E-state index is 0.242. The molecule has 0 spiro atoms. The highest BCUT2D eigenvalue weighted by molar-refractivity contribution is 9.10. The van der Waals surface area contributed by atoms with Gasteiger partial charge in [0.15, 0.2) is 11.5 Å². The number of halogens is 1. The topological polar surface area (TPSA) is 75.0 Å². The van der Waals surface area contributed by atoms with Gasteiger partial charge < -0.3 is 24.3 Å². The van der Waals surface area contributed by atoms with Crippen LogP contribution in [0.4, 0.5) is 22.0 Å². The number of fused-ring (bicyclic) bond motifs is 1. The van der Waals surface area contributed by atoms with E-state index in [4.69, 9.17) is 4.74 Å². The summed E-state index contributed by atoms with van der Waals surface area (Å²) >= 11 is 3.43. The van der Waals surface area contributed by atoms with Crippen molar-refractivity contribution in [2.24, 2.45) is 0 Å². The Hall–Kier alpha value is -2.81. The van der Waals surface area contributed by atoms with Gasteiger partial charge in [0.05, 0.1) is 0 Å². The van der Waals surface area contributed by atoms with Crippen molar-refractivity contribution in [1.29, 1.82) is 0 Å². The molecule has 0 bridgehead atoms. The number of rotatable bonds is 3. The average Bonchev–Trinajstić information content (AvgIpc) is 3.16. The highest BCUT2D eigenvalue weighted by Crippen LogP contribution is 2.24. The van der Waals surface area contributed by atoms with Gasteiger partial charge in [-0.25, -0.2) is 14.8 Å². The van der Waals surface area contributed by atoms with Crippen LogP contribution in [0.5, 0.6) is 0 Å². The minimum atomic E-state index is -0.470. The molecule has 30 heavy (non-hydrogen) atoms. The number of carbonyl (C=O) groups is 1. The van der Waals surface area contributed by atoms with Crippen molar-refractivity contribution < 1.29 is 9.53 Å². The number of nitrogens with zero attached hydrogens (tertiary/aromatic N) is 5. The number of piperazine rings is 1. The van der Waals surface area contributed by atoms with E-state index < -0.39 is 5.60 Å². The van der Waals surface area contributed by atoms with Gasteiger partial charge in [-0.2, -0.15) is 0 Å². The van der Waals surface area contributed by atoms with E-state index in [0.29, 0.717) is 18.9 Å². The number of hydrogen-bond acceptors (Lipinski definition) is 6. The second kappa shape index (κ2) is 8.14. The number of anilines is 3. The predicted molar refractivity (Wildman–Crippen MR) is 120 cm³/mol. The molecule has 3 heterocycles. The summed E-state index contributed by atoms with van der Waals surface area (Å²) in [6, 6.07) is 8.20. The van der Waals surface area contributed by atoms with Crippen LogP contribution >= 0.6 is 15.9 Å². The Balaban J connectivity index is 1.39. The van der Waals surface area contributed by atoms with Gasteiger partial charge in [0.25, 0.3) is 0 Å². The van der Waals surface area contributed by atoms with Crippen LogP contribution in [0.1, 0.15) is 20.8 Å². The monoisotopic (exact) mass is 472 g/mol. The lowest BCUT2D eigenvalue weighted by molar-refractivity contribution is 0.0240. The van der Waals surface area contributed by atoms with Crippen molar-refractivity contribution in [3.8, 4) is 0 Å². The van der Waals surface area contributed by atoms with Crippen LogP contribution in [0.2, 0.25) is 0 Å². The quantitative estimate of drug-likeness (QED) is 0.612. The number of ether oxygens (including phenoxy) is 1. The second-order valence-corrected chi connectivity index (χ2v) is 9.01. The Bertz CT molecular complexity index is 1040. The first-order chi connectivity index (χ1) is 14.3. The number of hydrogen-bond donors (Lipinski definition) is 1. The maximum Gasteiger partial charge on any atom is 0.410 e. The molecule has 1 fully saturated rings. The average molecular weight is 473 g/mol. The van der Waals surface area contributed by atoms with E-state index in [1.54, 1.807) is 11.1 Å². The van der Waals surface area contributed by atoms with Crippen LogP contribution in [0.3, 0.4) is 0 Å². The lowest BCUT2D eigenvalue weighted by Crippen LogP contribution is -2.50. The molecule has 0 saturated carbocycles. The molecule has 1 amide bonds. The molecule has 158 valence electrons. The van der Waals surface area contributed by atoms with Crippen LogP contribution < -0.4 is 10.2 Å². The third kappa shape index (κ3) is 4.67. The maximum atomic E-state index is 12.2. The van der Waals surface area contributed by atoms with Crippen molar-refractivity contribution >= 4 is 44.9 Å².